The van der Waals surface area contributed by atoms with Gasteiger partial charge in [-0.3, -0.25) is 4.79 Å². The lowest BCUT2D eigenvalue weighted by atomic mass is 10.1. The molecule has 0 fully saturated rings. The van der Waals surface area contributed by atoms with E-state index in [1.807, 2.05) is 50.2 Å². The van der Waals surface area contributed by atoms with E-state index in [0.29, 0.717) is 11.4 Å². The minimum absolute atomic E-state index is 0.0480. The normalized spacial score (nSPS) is 11.2. The molecular weight excluding hydrogens is 450 g/mol. The van der Waals surface area contributed by atoms with Crippen molar-refractivity contribution in [3.63, 3.8) is 0 Å². The molecule has 0 atom stereocenters. The maximum atomic E-state index is 13.5. The van der Waals surface area contributed by atoms with Gasteiger partial charge >= 0.3 is 0 Å². The maximum absolute atomic E-state index is 13.5. The van der Waals surface area contributed by atoms with Gasteiger partial charge in [0.1, 0.15) is 12.4 Å². The van der Waals surface area contributed by atoms with Gasteiger partial charge in [-0.25, -0.2) is 13.1 Å². The fourth-order valence-corrected chi connectivity index (χ4v) is 5.06. The summed E-state index contributed by atoms with van der Waals surface area (Å²) in [6.07, 6.45) is 0. The quantitative estimate of drug-likeness (QED) is 0.367. The Bertz CT molecular complexity index is 1430. The number of nitrogens with one attached hydrogen (secondary N) is 2. The molecule has 1 aromatic heterocycles. The van der Waals surface area contributed by atoms with Crippen LogP contribution < -0.4 is 16.4 Å². The number of nitrogens with two attached hydrogens (primary N) is 1. The Kier molecular flexibility index (Phi) is 6.38. The van der Waals surface area contributed by atoms with Crippen LogP contribution in [-0.2, 0) is 21.2 Å². The van der Waals surface area contributed by atoms with Gasteiger partial charge in [0.2, 0.25) is 15.7 Å². The van der Waals surface area contributed by atoms with Crippen molar-refractivity contribution < 1.29 is 13.2 Å². The molecule has 0 saturated carbocycles. The molecule has 4 aromatic rings. The topological polar surface area (TPSA) is 119 Å². The minimum atomic E-state index is -4.01. The minimum Gasteiger partial charge on any atom is -0.383 e. The number of hydrogen-bond donors (Lipinski definition) is 3. The molecule has 0 aliphatic rings. The zero-order valence-corrected chi connectivity index (χ0v) is 19.6. The highest BCUT2D eigenvalue weighted by Gasteiger charge is 2.30. The fourth-order valence-electron chi connectivity index (χ4n) is 3.58. The van der Waals surface area contributed by atoms with Crippen LogP contribution in [0.4, 0.5) is 23.0 Å². The average molecular weight is 476 g/mol. The van der Waals surface area contributed by atoms with Gasteiger partial charge in [-0.1, -0.05) is 54.1 Å². The number of nitrogen functional groups attached to an aromatic ring is 1. The highest BCUT2D eigenvalue weighted by Crippen LogP contribution is 2.34. The highest BCUT2D eigenvalue weighted by molar-refractivity contribution is 7.91. The van der Waals surface area contributed by atoms with Crippen molar-refractivity contribution in [1.29, 1.82) is 0 Å². The molecule has 3 aromatic carbocycles. The van der Waals surface area contributed by atoms with Gasteiger partial charge in [-0.15, -0.1) is 0 Å². The van der Waals surface area contributed by atoms with Crippen molar-refractivity contribution in [3.05, 3.63) is 90.0 Å². The first-order valence-electron chi connectivity index (χ1n) is 10.6. The Balaban J connectivity index is 1.71. The van der Waals surface area contributed by atoms with Crippen molar-refractivity contribution in [3.8, 4) is 0 Å². The van der Waals surface area contributed by atoms with E-state index in [-0.39, 0.29) is 33.9 Å². The number of benzene rings is 3. The lowest BCUT2D eigenvalue weighted by molar-refractivity contribution is -0.116. The smallest absolute Gasteiger partial charge is 0.246 e. The van der Waals surface area contributed by atoms with Crippen LogP contribution in [0.2, 0.25) is 0 Å². The third kappa shape index (κ3) is 4.79. The van der Waals surface area contributed by atoms with Crippen LogP contribution in [-0.4, -0.2) is 24.1 Å². The maximum Gasteiger partial charge on any atom is 0.246 e. The van der Waals surface area contributed by atoms with E-state index in [0.717, 1.165) is 11.1 Å². The monoisotopic (exact) mass is 475 g/mol. The Labute approximate surface area is 198 Å². The zero-order chi connectivity index (χ0) is 24.3. The van der Waals surface area contributed by atoms with E-state index < -0.39 is 9.84 Å². The molecule has 4 rings (SSSR count). The van der Waals surface area contributed by atoms with Crippen LogP contribution in [0.15, 0.2) is 88.7 Å². The van der Waals surface area contributed by atoms with E-state index in [1.165, 1.54) is 16.8 Å². The standard InChI is InChI=1S/C25H25N5O3S/c1-17-13-14-21(18(2)15-17)28-22(31)16-30-24(26)23(34(32,33)20-11-7-4-8-12-20)25(29-30)27-19-9-5-3-6-10-19/h3-15H,16,26H2,1-2H3,(H,27,29)(H,28,31). The molecule has 8 nitrogen and oxygen atoms in total. The van der Waals surface area contributed by atoms with Crippen molar-refractivity contribution in [1.82, 2.24) is 9.78 Å². The Hall–Kier alpha value is -4.11. The molecule has 0 aliphatic carbocycles. The van der Waals surface area contributed by atoms with Crippen LogP contribution >= 0.6 is 0 Å². The highest BCUT2D eigenvalue weighted by atomic mass is 32.2. The molecule has 1 heterocycles. The number of hydrogen-bond acceptors (Lipinski definition) is 6. The van der Waals surface area contributed by atoms with E-state index in [9.17, 15) is 13.2 Å². The molecule has 174 valence electrons. The summed E-state index contributed by atoms with van der Waals surface area (Å²) >= 11 is 0. The molecular formula is C25H25N5O3S. The molecule has 0 bridgehead atoms. The van der Waals surface area contributed by atoms with Gasteiger partial charge in [-0.2, -0.15) is 5.10 Å². The number of anilines is 4. The van der Waals surface area contributed by atoms with Crippen LogP contribution in [0, 0.1) is 13.8 Å². The molecule has 0 aliphatic heterocycles. The first kappa shape index (κ1) is 23.1. The van der Waals surface area contributed by atoms with Gasteiger partial charge in [0, 0.05) is 11.4 Å². The van der Waals surface area contributed by atoms with Crippen LogP contribution in [0.25, 0.3) is 0 Å². The van der Waals surface area contributed by atoms with Crippen LogP contribution in [0.3, 0.4) is 0 Å². The number of carbonyl (C=O) groups is 1. The molecule has 1 amide bonds. The van der Waals surface area contributed by atoms with E-state index in [1.54, 1.807) is 30.3 Å². The van der Waals surface area contributed by atoms with Gasteiger partial charge in [-0.05, 0) is 49.7 Å². The van der Waals surface area contributed by atoms with E-state index in [4.69, 9.17) is 5.73 Å². The zero-order valence-electron chi connectivity index (χ0n) is 18.8. The van der Waals surface area contributed by atoms with Crippen molar-refractivity contribution in [2.75, 3.05) is 16.4 Å². The second-order valence-corrected chi connectivity index (χ2v) is 9.78. The first-order valence-corrected chi connectivity index (χ1v) is 12.1. The van der Waals surface area contributed by atoms with Gasteiger partial charge in [0.25, 0.3) is 0 Å². The second-order valence-electron chi connectivity index (χ2n) is 7.89. The SMILES string of the molecule is Cc1ccc(NC(=O)Cn2nc(Nc3ccccc3)c(S(=O)(=O)c3ccccc3)c2N)c(C)c1. The summed E-state index contributed by atoms with van der Waals surface area (Å²) in [5.41, 5.74) is 9.58. The summed E-state index contributed by atoms with van der Waals surface area (Å²) in [6.45, 7) is 3.61. The summed E-state index contributed by atoms with van der Waals surface area (Å²) in [7, 11) is -4.01. The summed E-state index contributed by atoms with van der Waals surface area (Å²) < 4.78 is 28.1. The lowest BCUT2D eigenvalue weighted by Crippen LogP contribution is -2.21. The number of aryl methyl sites for hydroxylation is 2. The second kappa shape index (κ2) is 9.40. The predicted molar refractivity (Wildman–Crippen MR) is 133 cm³/mol. The fraction of sp³-hybridized carbons (Fsp3) is 0.120. The van der Waals surface area contributed by atoms with Gasteiger partial charge in [0.05, 0.1) is 4.90 Å². The van der Waals surface area contributed by atoms with Gasteiger partial charge in [0.15, 0.2) is 10.7 Å². The number of carbonyl (C=O) groups excluding carboxylic acids is 1. The summed E-state index contributed by atoms with van der Waals surface area (Å²) in [5.74, 6) is -0.457. The Morgan fingerprint density at radius 3 is 2.26 bits per heavy atom. The number of aromatic nitrogens is 2. The van der Waals surface area contributed by atoms with E-state index >= 15 is 0 Å². The van der Waals surface area contributed by atoms with Crippen molar-refractivity contribution in [2.45, 2.75) is 30.2 Å². The molecule has 34 heavy (non-hydrogen) atoms. The summed E-state index contributed by atoms with van der Waals surface area (Å²) in [5, 5.41) is 10.2. The number of nitrogens with zero attached hydrogens (tertiary/aromatic N) is 2. The average Bonchev–Trinajstić information content (AvgIpc) is 3.12. The molecule has 0 saturated heterocycles. The third-order valence-corrected chi connectivity index (χ3v) is 7.09. The van der Waals surface area contributed by atoms with Crippen LogP contribution in [0.5, 0.6) is 0 Å². The summed E-state index contributed by atoms with van der Waals surface area (Å²) in [6, 6.07) is 22.7. The molecule has 9 heteroatoms. The molecule has 0 radical (unpaired) electrons. The van der Waals surface area contributed by atoms with E-state index in [2.05, 4.69) is 15.7 Å². The third-order valence-electron chi connectivity index (χ3n) is 5.25. The molecule has 0 spiro atoms. The van der Waals surface area contributed by atoms with Crippen molar-refractivity contribution in [2.24, 2.45) is 0 Å². The van der Waals surface area contributed by atoms with Crippen molar-refractivity contribution >= 4 is 38.8 Å². The van der Waals surface area contributed by atoms with Crippen LogP contribution in [0.1, 0.15) is 11.1 Å². The summed E-state index contributed by atoms with van der Waals surface area (Å²) in [4.78, 5) is 12.7. The Morgan fingerprint density at radius 2 is 1.62 bits per heavy atom. The molecule has 4 N–H and O–H groups in total. The van der Waals surface area contributed by atoms with Gasteiger partial charge < -0.3 is 16.4 Å². The number of amides is 1. The predicted octanol–water partition coefficient (Wildman–Crippen LogP) is 4.30. The lowest BCUT2D eigenvalue weighted by Gasteiger charge is -2.10. The largest absolute Gasteiger partial charge is 0.383 e. The first-order chi connectivity index (χ1) is 16.3. The number of sulfone groups is 1. The number of para-hydroxylation sites is 1. The Morgan fingerprint density at radius 1 is 0.971 bits per heavy atom. The number of rotatable bonds is 7. The molecule has 0 unspecified atom stereocenters.